The van der Waals surface area contributed by atoms with Gasteiger partial charge >= 0.3 is 6.09 Å². The van der Waals surface area contributed by atoms with Crippen LogP contribution in [0.4, 0.5) is 4.79 Å². The van der Waals surface area contributed by atoms with E-state index in [-0.39, 0.29) is 17.9 Å². The largest absolute Gasteiger partial charge is 0.444 e. The number of aryl methyl sites for hydroxylation is 1. The van der Waals surface area contributed by atoms with E-state index in [4.69, 9.17) is 4.74 Å². The maximum absolute atomic E-state index is 13.4. The quantitative estimate of drug-likeness (QED) is 0.305. The fourth-order valence-corrected chi connectivity index (χ4v) is 5.64. The molecule has 0 radical (unpaired) electrons. The fraction of sp³-hybridized carbons (Fsp3) is 0.500. The molecule has 1 unspecified atom stereocenters. The Hall–Kier alpha value is -3.85. The molecule has 2 aromatic carbocycles. The first-order valence-electron chi connectivity index (χ1n) is 15.5. The lowest BCUT2D eigenvalue weighted by molar-refractivity contribution is -0.123. The van der Waals surface area contributed by atoms with Gasteiger partial charge in [0.1, 0.15) is 17.3 Å². The summed E-state index contributed by atoms with van der Waals surface area (Å²) in [6.07, 6.45) is 3.70. The van der Waals surface area contributed by atoms with Crippen LogP contribution in [0, 0.1) is 12.8 Å². The zero-order valence-corrected chi connectivity index (χ0v) is 25.9. The van der Waals surface area contributed by atoms with E-state index in [0.717, 1.165) is 53.6 Å². The molecule has 2 aliphatic rings. The second kappa shape index (κ2) is 13.2. The number of H-pyrrole nitrogens is 1. The number of carbonyl (C=O) groups is 3. The first kappa shape index (κ1) is 30.6. The molecule has 9 heteroatoms. The first-order chi connectivity index (χ1) is 20.6. The van der Waals surface area contributed by atoms with E-state index in [1.54, 1.807) is 4.90 Å². The number of aromatic amines is 1. The summed E-state index contributed by atoms with van der Waals surface area (Å²) in [7, 11) is 0. The van der Waals surface area contributed by atoms with E-state index in [1.165, 1.54) is 12.8 Å². The molecule has 1 aromatic heterocycles. The third kappa shape index (κ3) is 8.38. The molecular formula is C34H45N5O4. The van der Waals surface area contributed by atoms with E-state index >= 15 is 0 Å². The minimum Gasteiger partial charge on any atom is -0.444 e. The van der Waals surface area contributed by atoms with Crippen molar-refractivity contribution in [3.05, 3.63) is 70.9 Å². The Balaban J connectivity index is 1.15. The highest BCUT2D eigenvalue weighted by atomic mass is 16.6. The van der Waals surface area contributed by atoms with Crippen LogP contribution in [-0.2, 0) is 22.6 Å². The second-order valence-electron chi connectivity index (χ2n) is 13.0. The molecule has 0 spiro atoms. The van der Waals surface area contributed by atoms with E-state index in [9.17, 15) is 14.4 Å². The average molecular weight is 588 g/mol. The Bertz CT molecular complexity index is 1450. The summed E-state index contributed by atoms with van der Waals surface area (Å²) in [5, 5.41) is 7.10. The number of nitrogens with zero attached hydrogens (tertiary/aromatic N) is 2. The SMILES string of the molecule is Cc1c(C(=O)NC(CCC2CC2)C(=O)NCc2cccc(CN3CCN(C(=O)OC(C)(C)C)CC3)c2)[nH]c2ccccc12. The number of hydrogen-bond acceptors (Lipinski definition) is 5. The van der Waals surface area contributed by atoms with Crippen LogP contribution in [0.15, 0.2) is 48.5 Å². The summed E-state index contributed by atoms with van der Waals surface area (Å²) in [6.45, 7) is 11.6. The smallest absolute Gasteiger partial charge is 0.410 e. The molecule has 1 saturated heterocycles. The zero-order valence-electron chi connectivity index (χ0n) is 25.9. The van der Waals surface area contributed by atoms with E-state index < -0.39 is 11.6 Å². The Morgan fingerprint density at radius 1 is 1.00 bits per heavy atom. The fourth-order valence-electron chi connectivity index (χ4n) is 5.64. The van der Waals surface area contributed by atoms with Crippen LogP contribution in [0.3, 0.4) is 0 Å². The maximum atomic E-state index is 13.4. The van der Waals surface area contributed by atoms with Gasteiger partial charge in [-0.25, -0.2) is 4.79 Å². The summed E-state index contributed by atoms with van der Waals surface area (Å²) in [5.41, 5.74) is 3.97. The van der Waals surface area contributed by atoms with Crippen molar-refractivity contribution in [2.75, 3.05) is 26.2 Å². The molecule has 9 nitrogen and oxygen atoms in total. The van der Waals surface area contributed by atoms with Gasteiger partial charge in [-0.1, -0.05) is 55.3 Å². The van der Waals surface area contributed by atoms with Crippen molar-refractivity contribution in [1.82, 2.24) is 25.4 Å². The summed E-state index contributed by atoms with van der Waals surface area (Å²) >= 11 is 0. The zero-order chi connectivity index (χ0) is 30.6. The molecule has 3 aromatic rings. The predicted octanol–water partition coefficient (Wildman–Crippen LogP) is 5.13. The van der Waals surface area contributed by atoms with Gasteiger partial charge in [-0.05, 0) is 69.2 Å². The number of nitrogens with one attached hydrogen (secondary N) is 3. The standard InChI is InChI=1S/C34H45N5O4/c1-23-27-10-5-6-11-28(27)36-30(23)32(41)37-29(15-14-24-12-13-24)31(40)35-21-25-8-7-9-26(20-25)22-38-16-18-39(19-17-38)33(42)43-34(2,3)4/h5-11,20,24,29,36H,12-19,21-22H2,1-4H3,(H,35,40)(H,37,41). The topological polar surface area (TPSA) is 107 Å². The average Bonchev–Trinajstić information content (AvgIpc) is 3.75. The third-order valence-corrected chi connectivity index (χ3v) is 8.26. The van der Waals surface area contributed by atoms with Crippen LogP contribution in [0.25, 0.3) is 10.9 Å². The number of ether oxygens (including phenoxy) is 1. The summed E-state index contributed by atoms with van der Waals surface area (Å²) in [6, 6.07) is 15.5. The van der Waals surface area contributed by atoms with Gasteiger partial charge in [-0.2, -0.15) is 0 Å². The maximum Gasteiger partial charge on any atom is 0.410 e. The van der Waals surface area contributed by atoms with Gasteiger partial charge in [-0.15, -0.1) is 0 Å². The van der Waals surface area contributed by atoms with Crippen LogP contribution in [0.1, 0.15) is 73.6 Å². The van der Waals surface area contributed by atoms with Crippen molar-refractivity contribution < 1.29 is 19.1 Å². The molecule has 1 saturated carbocycles. The van der Waals surface area contributed by atoms with E-state index in [1.807, 2.05) is 64.1 Å². The van der Waals surface area contributed by atoms with Crippen molar-refractivity contribution in [3.63, 3.8) is 0 Å². The molecule has 0 bridgehead atoms. The Labute approximate surface area is 254 Å². The minimum absolute atomic E-state index is 0.161. The highest BCUT2D eigenvalue weighted by Crippen LogP contribution is 2.34. The number of para-hydroxylation sites is 1. The molecule has 43 heavy (non-hydrogen) atoms. The number of carbonyl (C=O) groups excluding carboxylic acids is 3. The van der Waals surface area contributed by atoms with Crippen molar-refractivity contribution in [2.24, 2.45) is 5.92 Å². The number of aromatic nitrogens is 1. The lowest BCUT2D eigenvalue weighted by Crippen LogP contribution is -2.49. The second-order valence-corrected chi connectivity index (χ2v) is 13.0. The van der Waals surface area contributed by atoms with Crippen LogP contribution >= 0.6 is 0 Å². The van der Waals surface area contributed by atoms with Crippen molar-refractivity contribution in [1.29, 1.82) is 0 Å². The van der Waals surface area contributed by atoms with Gasteiger partial charge in [0.25, 0.3) is 5.91 Å². The van der Waals surface area contributed by atoms with Gasteiger partial charge in [0.05, 0.1) is 0 Å². The molecular weight excluding hydrogens is 542 g/mol. The summed E-state index contributed by atoms with van der Waals surface area (Å²) in [5.74, 6) is 0.245. The number of rotatable bonds is 10. The van der Waals surface area contributed by atoms with Crippen molar-refractivity contribution in [2.45, 2.75) is 78.1 Å². The first-order valence-corrected chi connectivity index (χ1v) is 15.5. The summed E-state index contributed by atoms with van der Waals surface area (Å²) in [4.78, 5) is 46.3. The normalized spacial score (nSPS) is 16.6. The van der Waals surface area contributed by atoms with Gasteiger partial charge in [-0.3, -0.25) is 14.5 Å². The lowest BCUT2D eigenvalue weighted by Gasteiger charge is -2.35. The van der Waals surface area contributed by atoms with E-state index in [2.05, 4.69) is 32.7 Å². The van der Waals surface area contributed by atoms with Gasteiger partial charge in [0.15, 0.2) is 0 Å². The summed E-state index contributed by atoms with van der Waals surface area (Å²) < 4.78 is 5.51. The Morgan fingerprint density at radius 2 is 1.72 bits per heavy atom. The highest BCUT2D eigenvalue weighted by Gasteiger charge is 2.28. The van der Waals surface area contributed by atoms with Crippen LogP contribution in [-0.4, -0.2) is 70.5 Å². The molecule has 230 valence electrons. The van der Waals surface area contributed by atoms with Gasteiger partial charge in [0, 0.05) is 50.2 Å². The molecule has 3 N–H and O–H groups in total. The number of amides is 3. The Kier molecular flexibility index (Phi) is 9.40. The van der Waals surface area contributed by atoms with E-state index in [0.29, 0.717) is 37.7 Å². The Morgan fingerprint density at radius 3 is 2.42 bits per heavy atom. The molecule has 1 aliphatic heterocycles. The highest BCUT2D eigenvalue weighted by molar-refractivity contribution is 6.02. The van der Waals surface area contributed by atoms with Crippen molar-refractivity contribution >= 4 is 28.8 Å². The van der Waals surface area contributed by atoms with Crippen molar-refractivity contribution in [3.8, 4) is 0 Å². The minimum atomic E-state index is -0.594. The number of benzene rings is 2. The monoisotopic (exact) mass is 587 g/mol. The third-order valence-electron chi connectivity index (χ3n) is 8.26. The number of hydrogen-bond donors (Lipinski definition) is 3. The molecule has 1 aliphatic carbocycles. The predicted molar refractivity (Wildman–Crippen MR) is 168 cm³/mol. The van der Waals surface area contributed by atoms with Gasteiger partial charge < -0.3 is 25.3 Å². The van der Waals surface area contributed by atoms with Gasteiger partial charge in [0.2, 0.25) is 5.91 Å². The molecule has 3 amide bonds. The van der Waals surface area contributed by atoms with Crippen LogP contribution < -0.4 is 10.6 Å². The molecule has 2 heterocycles. The molecule has 2 fully saturated rings. The van der Waals surface area contributed by atoms with Crippen LogP contribution in [0.5, 0.6) is 0 Å². The molecule has 5 rings (SSSR count). The van der Waals surface area contributed by atoms with Crippen LogP contribution in [0.2, 0.25) is 0 Å². The molecule has 1 atom stereocenters. The lowest BCUT2D eigenvalue weighted by atomic mass is 10.1. The number of piperazine rings is 1. The number of fused-ring (bicyclic) bond motifs is 1.